The van der Waals surface area contributed by atoms with Gasteiger partial charge in [-0.05, 0) is 18.9 Å². The van der Waals surface area contributed by atoms with Gasteiger partial charge in [0.1, 0.15) is 12.8 Å². The molecule has 1 atom stereocenters. The number of halogens is 1. The molecular weight excluding hydrogens is 325 g/mol. The van der Waals surface area contributed by atoms with E-state index in [9.17, 15) is 9.18 Å². The maximum Gasteiger partial charge on any atom is 0.191 e. The highest BCUT2D eigenvalue weighted by Crippen LogP contribution is 2.37. The number of fused-ring (bicyclic) bond motifs is 1. The summed E-state index contributed by atoms with van der Waals surface area (Å²) in [7, 11) is 1.48. The lowest BCUT2D eigenvalue weighted by Gasteiger charge is -2.19. The number of pyridine rings is 2. The van der Waals surface area contributed by atoms with Crippen LogP contribution in [0.3, 0.4) is 0 Å². The molecule has 1 saturated carbocycles. The molecule has 2 N–H and O–H groups in total. The second-order valence-corrected chi connectivity index (χ2v) is 6.56. The topological polar surface area (TPSA) is 85.7 Å². The summed E-state index contributed by atoms with van der Waals surface area (Å²) in [6.45, 7) is 1.33. The number of rotatable bonds is 4. The van der Waals surface area contributed by atoms with Crippen molar-refractivity contribution < 1.29 is 9.23 Å². The second kappa shape index (κ2) is 6.11. The van der Waals surface area contributed by atoms with E-state index in [1.165, 1.54) is 19.2 Å². The Labute approximate surface area is 143 Å². The molecule has 0 radical (unpaired) electrons. The van der Waals surface area contributed by atoms with Crippen LogP contribution in [0, 0.1) is 11.7 Å². The van der Waals surface area contributed by atoms with E-state index in [1.54, 1.807) is 11.1 Å². The molecule has 0 spiro atoms. The third kappa shape index (κ3) is 2.76. The Balaban J connectivity index is 1.80. The summed E-state index contributed by atoms with van der Waals surface area (Å²) in [5, 5.41) is 4.32. The highest BCUT2D eigenvalue weighted by Gasteiger charge is 2.32. The summed E-state index contributed by atoms with van der Waals surface area (Å²) in [5.74, 6) is -0.280. The third-order valence-electron chi connectivity index (χ3n) is 4.83. The third-order valence-corrected chi connectivity index (χ3v) is 4.83. The predicted molar refractivity (Wildman–Crippen MR) is 93.4 cm³/mol. The van der Waals surface area contributed by atoms with Gasteiger partial charge in [-0.3, -0.25) is 4.79 Å². The summed E-state index contributed by atoms with van der Waals surface area (Å²) in [5.41, 5.74) is 6.89. The number of aromatic nitrogens is 2. The number of anilines is 1. The zero-order valence-electron chi connectivity index (χ0n) is 14.0. The quantitative estimate of drug-likeness (QED) is 0.844. The maximum absolute atomic E-state index is 14.7. The van der Waals surface area contributed by atoms with E-state index in [4.69, 9.17) is 10.6 Å². The lowest BCUT2D eigenvalue weighted by atomic mass is 10.1. The van der Waals surface area contributed by atoms with Gasteiger partial charge in [-0.2, -0.15) is 0 Å². The minimum absolute atomic E-state index is 0.00162. The van der Waals surface area contributed by atoms with Gasteiger partial charge in [0.25, 0.3) is 0 Å². The van der Waals surface area contributed by atoms with Gasteiger partial charge < -0.3 is 20.0 Å². The summed E-state index contributed by atoms with van der Waals surface area (Å²) in [6, 6.07) is 3.11. The standard InChI is InChI=1S/C17H20FN5O2/c1-25-21-14-9-22(8-10(14)7-19)17-13(18)6-12-15(24)4-5-23(11-2-3-11)16(12)20-17/h4-6,10-11H,2-3,7-9,19H2,1H3. The van der Waals surface area contributed by atoms with E-state index in [-0.39, 0.29) is 17.2 Å². The molecule has 1 unspecified atom stereocenters. The van der Waals surface area contributed by atoms with Crippen molar-refractivity contribution in [3.8, 4) is 0 Å². The lowest BCUT2D eigenvalue weighted by molar-refractivity contribution is 0.211. The fourth-order valence-corrected chi connectivity index (χ4v) is 3.38. The Morgan fingerprint density at radius 3 is 2.96 bits per heavy atom. The smallest absolute Gasteiger partial charge is 0.191 e. The molecule has 3 heterocycles. The zero-order chi connectivity index (χ0) is 17.6. The van der Waals surface area contributed by atoms with E-state index in [0.29, 0.717) is 36.7 Å². The molecule has 25 heavy (non-hydrogen) atoms. The van der Waals surface area contributed by atoms with Gasteiger partial charge >= 0.3 is 0 Å². The Bertz CT molecular complexity index is 906. The van der Waals surface area contributed by atoms with Crippen LogP contribution in [0.2, 0.25) is 0 Å². The second-order valence-electron chi connectivity index (χ2n) is 6.56. The zero-order valence-corrected chi connectivity index (χ0v) is 14.0. The van der Waals surface area contributed by atoms with Crippen molar-refractivity contribution in [1.82, 2.24) is 9.55 Å². The van der Waals surface area contributed by atoms with Crippen LogP contribution < -0.4 is 16.1 Å². The van der Waals surface area contributed by atoms with Gasteiger partial charge in [0.15, 0.2) is 17.1 Å². The normalized spacial score (nSPS) is 22.1. The van der Waals surface area contributed by atoms with Crippen LogP contribution in [0.4, 0.5) is 10.2 Å². The summed E-state index contributed by atoms with van der Waals surface area (Å²) in [4.78, 5) is 23.3. The molecule has 2 aromatic rings. The summed E-state index contributed by atoms with van der Waals surface area (Å²) >= 11 is 0. The van der Waals surface area contributed by atoms with E-state index >= 15 is 0 Å². The van der Waals surface area contributed by atoms with Crippen LogP contribution in [0.25, 0.3) is 11.0 Å². The highest BCUT2D eigenvalue weighted by atomic mass is 19.1. The number of nitrogens with zero attached hydrogens (tertiary/aromatic N) is 4. The summed E-state index contributed by atoms with van der Waals surface area (Å²) < 4.78 is 16.7. The molecule has 8 heteroatoms. The van der Waals surface area contributed by atoms with Crippen LogP contribution in [-0.4, -0.2) is 42.0 Å². The fraction of sp³-hybridized carbons (Fsp3) is 0.471. The van der Waals surface area contributed by atoms with Gasteiger partial charge in [0, 0.05) is 37.3 Å². The Morgan fingerprint density at radius 1 is 1.48 bits per heavy atom. The van der Waals surface area contributed by atoms with Crippen LogP contribution >= 0.6 is 0 Å². The molecule has 0 bridgehead atoms. The largest absolute Gasteiger partial charge is 0.399 e. The molecule has 1 saturated heterocycles. The van der Waals surface area contributed by atoms with Gasteiger partial charge in [-0.1, -0.05) is 5.16 Å². The summed E-state index contributed by atoms with van der Waals surface area (Å²) in [6.07, 6.45) is 3.85. The number of hydrogen-bond donors (Lipinski definition) is 1. The minimum atomic E-state index is -0.507. The molecule has 1 aliphatic heterocycles. The molecule has 2 aromatic heterocycles. The van der Waals surface area contributed by atoms with Gasteiger partial charge in [0.05, 0.1) is 17.6 Å². The van der Waals surface area contributed by atoms with Crippen LogP contribution in [-0.2, 0) is 4.84 Å². The first-order valence-corrected chi connectivity index (χ1v) is 8.38. The van der Waals surface area contributed by atoms with Crippen molar-refractivity contribution >= 4 is 22.6 Å². The number of nitrogens with two attached hydrogens (primary N) is 1. The Hall–Kier alpha value is -2.48. The Morgan fingerprint density at radius 2 is 2.28 bits per heavy atom. The van der Waals surface area contributed by atoms with Crippen molar-refractivity contribution in [1.29, 1.82) is 0 Å². The van der Waals surface area contributed by atoms with Crippen LogP contribution in [0.1, 0.15) is 18.9 Å². The van der Waals surface area contributed by atoms with Crippen LogP contribution in [0.15, 0.2) is 28.3 Å². The number of hydrogen-bond acceptors (Lipinski definition) is 6. The van der Waals surface area contributed by atoms with Gasteiger partial charge in [-0.25, -0.2) is 9.37 Å². The van der Waals surface area contributed by atoms with Gasteiger partial charge in [0.2, 0.25) is 0 Å². The molecule has 0 amide bonds. The van der Waals surface area contributed by atoms with E-state index in [1.807, 2.05) is 4.57 Å². The molecule has 2 fully saturated rings. The molecule has 4 rings (SSSR count). The van der Waals surface area contributed by atoms with Crippen molar-refractivity contribution in [3.63, 3.8) is 0 Å². The van der Waals surface area contributed by atoms with Crippen molar-refractivity contribution in [2.75, 3.05) is 31.6 Å². The predicted octanol–water partition coefficient (Wildman–Crippen LogP) is 1.27. The monoisotopic (exact) mass is 345 g/mol. The lowest BCUT2D eigenvalue weighted by Crippen LogP contribution is -2.25. The first-order chi connectivity index (χ1) is 12.1. The van der Waals surface area contributed by atoms with E-state index < -0.39 is 5.82 Å². The molecule has 2 aliphatic rings. The molecule has 132 valence electrons. The SMILES string of the molecule is CON=C1CN(c2nc3c(cc2F)c(=O)ccn3C2CC2)CC1CN. The highest BCUT2D eigenvalue weighted by molar-refractivity contribution is 5.94. The maximum atomic E-state index is 14.7. The van der Waals surface area contributed by atoms with Crippen molar-refractivity contribution in [3.05, 3.63) is 34.4 Å². The molecule has 1 aliphatic carbocycles. The Kier molecular flexibility index (Phi) is 3.91. The molecule has 7 nitrogen and oxygen atoms in total. The van der Waals surface area contributed by atoms with E-state index in [2.05, 4.69) is 10.1 Å². The molecule has 0 aromatic carbocycles. The van der Waals surface area contributed by atoms with Crippen molar-refractivity contribution in [2.45, 2.75) is 18.9 Å². The number of oxime groups is 1. The van der Waals surface area contributed by atoms with Crippen molar-refractivity contribution in [2.24, 2.45) is 16.8 Å². The fourth-order valence-electron chi connectivity index (χ4n) is 3.38. The minimum Gasteiger partial charge on any atom is -0.399 e. The first kappa shape index (κ1) is 16.0. The average Bonchev–Trinajstić information content (AvgIpc) is 3.36. The van der Waals surface area contributed by atoms with Gasteiger partial charge in [-0.15, -0.1) is 0 Å². The van der Waals surface area contributed by atoms with Crippen LogP contribution in [0.5, 0.6) is 0 Å². The first-order valence-electron chi connectivity index (χ1n) is 8.38. The average molecular weight is 345 g/mol. The molecular formula is C17H20FN5O2. The van der Waals surface area contributed by atoms with E-state index in [0.717, 1.165) is 18.6 Å².